The van der Waals surface area contributed by atoms with E-state index in [-0.39, 0.29) is 24.0 Å². The first kappa shape index (κ1) is 16.7. The highest BCUT2D eigenvalue weighted by molar-refractivity contribution is 5.77. The van der Waals surface area contributed by atoms with Crippen molar-refractivity contribution in [1.82, 2.24) is 4.90 Å². The topological polar surface area (TPSA) is 46.6 Å². The van der Waals surface area contributed by atoms with Gasteiger partial charge >= 0.3 is 6.09 Å². The molecule has 1 rings (SSSR count). The molecule has 0 aromatic rings. The molecule has 0 spiro atoms. The summed E-state index contributed by atoms with van der Waals surface area (Å²) < 4.78 is 5.51. The van der Waals surface area contributed by atoms with Crippen molar-refractivity contribution in [3.05, 3.63) is 12.7 Å². The number of amides is 1. The lowest BCUT2D eigenvalue weighted by Crippen LogP contribution is -2.52. The van der Waals surface area contributed by atoms with E-state index >= 15 is 0 Å². The monoisotopic (exact) mass is 281 g/mol. The number of ketones is 1. The summed E-state index contributed by atoms with van der Waals surface area (Å²) in [5, 5.41) is 0. The molecule has 0 N–H and O–H groups in total. The van der Waals surface area contributed by atoms with Gasteiger partial charge in [0.1, 0.15) is 11.4 Å². The lowest BCUT2D eigenvalue weighted by atomic mass is 9.91. The van der Waals surface area contributed by atoms with Crippen molar-refractivity contribution < 1.29 is 14.3 Å². The van der Waals surface area contributed by atoms with Crippen LogP contribution >= 0.6 is 0 Å². The van der Waals surface area contributed by atoms with Gasteiger partial charge in [0.05, 0.1) is 0 Å². The van der Waals surface area contributed by atoms with Crippen LogP contribution in [0.1, 0.15) is 59.8 Å². The summed E-state index contributed by atoms with van der Waals surface area (Å²) in [6.45, 7) is 10.9. The predicted octanol–water partition coefficient (Wildman–Crippen LogP) is 3.70. The van der Waals surface area contributed by atoms with E-state index in [4.69, 9.17) is 4.74 Å². The highest BCUT2D eigenvalue weighted by Gasteiger charge is 2.36. The molecule has 1 heterocycles. The highest BCUT2D eigenvalue weighted by Crippen LogP contribution is 2.29. The number of nitrogens with zero attached hydrogens (tertiary/aromatic N) is 1. The molecule has 1 fully saturated rings. The van der Waals surface area contributed by atoms with Crippen molar-refractivity contribution in [3.8, 4) is 0 Å². The molecule has 0 radical (unpaired) electrons. The van der Waals surface area contributed by atoms with E-state index in [0.29, 0.717) is 6.42 Å². The molecule has 2 atom stereocenters. The largest absolute Gasteiger partial charge is 0.444 e. The summed E-state index contributed by atoms with van der Waals surface area (Å²) >= 11 is 0. The number of carbonyl (C=O) groups is 2. The Kier molecular flexibility index (Phi) is 5.78. The summed E-state index contributed by atoms with van der Waals surface area (Å²) in [7, 11) is 0. The van der Waals surface area contributed by atoms with Gasteiger partial charge in [0, 0.05) is 18.5 Å². The van der Waals surface area contributed by atoms with Gasteiger partial charge in [-0.05, 0) is 53.4 Å². The van der Waals surface area contributed by atoms with Gasteiger partial charge in [-0.1, -0.05) is 6.08 Å². The first-order chi connectivity index (χ1) is 9.24. The van der Waals surface area contributed by atoms with E-state index in [1.807, 2.05) is 26.8 Å². The SMILES string of the molecule is C=CC[C@@H]1CCC[C@@H](CC(C)=O)N1C(=O)OC(C)(C)C. The lowest BCUT2D eigenvalue weighted by Gasteiger charge is -2.42. The zero-order valence-electron chi connectivity index (χ0n) is 13.1. The van der Waals surface area contributed by atoms with Crippen LogP contribution in [0.4, 0.5) is 4.79 Å². The fourth-order valence-corrected chi connectivity index (χ4v) is 2.73. The van der Waals surface area contributed by atoms with Crippen molar-refractivity contribution in [2.24, 2.45) is 0 Å². The third-order valence-corrected chi connectivity index (χ3v) is 3.43. The molecule has 0 saturated carbocycles. The average Bonchev–Trinajstić information content (AvgIpc) is 2.26. The Morgan fingerprint density at radius 1 is 1.30 bits per heavy atom. The Labute approximate surface area is 122 Å². The standard InChI is InChI=1S/C16H27NO3/c1-6-8-13-9-7-10-14(11-12(2)18)17(13)15(19)20-16(3,4)5/h6,13-14H,1,7-11H2,2-5H3/t13-,14+/m1/s1. The Morgan fingerprint density at radius 3 is 2.40 bits per heavy atom. The van der Waals surface area contributed by atoms with Crippen LogP contribution in [0.5, 0.6) is 0 Å². The van der Waals surface area contributed by atoms with Gasteiger partial charge in [-0.25, -0.2) is 4.79 Å². The van der Waals surface area contributed by atoms with Gasteiger partial charge in [0.25, 0.3) is 0 Å². The van der Waals surface area contributed by atoms with Crippen molar-refractivity contribution >= 4 is 11.9 Å². The van der Waals surface area contributed by atoms with Crippen molar-refractivity contribution in [3.63, 3.8) is 0 Å². The van der Waals surface area contributed by atoms with Gasteiger partial charge in [0.15, 0.2) is 0 Å². The molecule has 1 aliphatic heterocycles. The molecule has 20 heavy (non-hydrogen) atoms. The van der Waals surface area contributed by atoms with Crippen LogP contribution in [0.25, 0.3) is 0 Å². The number of likely N-dealkylation sites (tertiary alicyclic amines) is 1. The quantitative estimate of drug-likeness (QED) is 0.738. The molecule has 0 unspecified atom stereocenters. The van der Waals surface area contributed by atoms with Crippen LogP contribution in [0, 0.1) is 0 Å². The summed E-state index contributed by atoms with van der Waals surface area (Å²) in [4.78, 5) is 25.7. The van der Waals surface area contributed by atoms with Crippen LogP contribution in [0.3, 0.4) is 0 Å². The van der Waals surface area contributed by atoms with Gasteiger partial charge in [-0.2, -0.15) is 0 Å². The molecule has 1 aliphatic rings. The van der Waals surface area contributed by atoms with E-state index < -0.39 is 5.60 Å². The molecule has 4 heteroatoms. The maximum absolute atomic E-state index is 12.4. The van der Waals surface area contributed by atoms with E-state index in [1.54, 1.807) is 11.8 Å². The Balaban J connectivity index is 2.90. The second-order valence-corrected chi connectivity index (χ2v) is 6.56. The Morgan fingerprint density at radius 2 is 1.90 bits per heavy atom. The number of Topliss-reactive ketones (excluding diaryl/α,β-unsaturated/α-hetero) is 1. The molecule has 0 bridgehead atoms. The molecule has 0 aliphatic carbocycles. The predicted molar refractivity (Wildman–Crippen MR) is 79.6 cm³/mol. The second-order valence-electron chi connectivity index (χ2n) is 6.56. The second kappa shape index (κ2) is 6.91. The minimum atomic E-state index is -0.520. The van der Waals surface area contributed by atoms with Crippen molar-refractivity contribution in [1.29, 1.82) is 0 Å². The first-order valence-electron chi connectivity index (χ1n) is 7.36. The molecule has 4 nitrogen and oxygen atoms in total. The number of hydrogen-bond acceptors (Lipinski definition) is 3. The minimum Gasteiger partial charge on any atom is -0.444 e. The van der Waals surface area contributed by atoms with Gasteiger partial charge in [-0.3, -0.25) is 4.79 Å². The van der Waals surface area contributed by atoms with Crippen LogP contribution < -0.4 is 0 Å². The molecule has 1 saturated heterocycles. The van der Waals surface area contributed by atoms with E-state index in [0.717, 1.165) is 25.7 Å². The summed E-state index contributed by atoms with van der Waals surface area (Å²) in [6.07, 6.45) is 5.52. The van der Waals surface area contributed by atoms with Gasteiger partial charge in [0.2, 0.25) is 0 Å². The summed E-state index contributed by atoms with van der Waals surface area (Å²) in [5.74, 6) is 0.114. The molecule has 114 valence electrons. The Hall–Kier alpha value is -1.32. The zero-order chi connectivity index (χ0) is 15.3. The zero-order valence-corrected chi connectivity index (χ0v) is 13.1. The van der Waals surface area contributed by atoms with Crippen LogP contribution in [-0.2, 0) is 9.53 Å². The molecule has 1 amide bonds. The maximum Gasteiger partial charge on any atom is 0.410 e. The van der Waals surface area contributed by atoms with Crippen molar-refractivity contribution in [2.75, 3.05) is 0 Å². The van der Waals surface area contributed by atoms with Crippen LogP contribution in [0.2, 0.25) is 0 Å². The fraction of sp³-hybridized carbons (Fsp3) is 0.750. The molecular weight excluding hydrogens is 254 g/mol. The first-order valence-corrected chi connectivity index (χ1v) is 7.36. The Bertz CT molecular complexity index is 370. The third kappa shape index (κ3) is 4.99. The maximum atomic E-state index is 12.4. The summed E-state index contributed by atoms with van der Waals surface area (Å²) in [5.41, 5.74) is -0.520. The third-order valence-electron chi connectivity index (χ3n) is 3.43. The number of hydrogen-bond donors (Lipinski definition) is 0. The smallest absolute Gasteiger partial charge is 0.410 e. The van der Waals surface area contributed by atoms with Gasteiger partial charge < -0.3 is 9.64 Å². The van der Waals surface area contributed by atoms with Gasteiger partial charge in [-0.15, -0.1) is 6.58 Å². The normalized spacial score (nSPS) is 23.3. The van der Waals surface area contributed by atoms with Crippen LogP contribution in [-0.4, -0.2) is 34.5 Å². The number of piperidine rings is 1. The minimum absolute atomic E-state index is 0.0407. The molecule has 0 aromatic carbocycles. The lowest BCUT2D eigenvalue weighted by molar-refractivity contribution is -0.118. The number of ether oxygens (including phenoxy) is 1. The van der Waals surface area contributed by atoms with E-state index in [1.165, 1.54) is 0 Å². The van der Waals surface area contributed by atoms with E-state index in [9.17, 15) is 9.59 Å². The van der Waals surface area contributed by atoms with Crippen LogP contribution in [0.15, 0.2) is 12.7 Å². The number of rotatable bonds is 4. The van der Waals surface area contributed by atoms with E-state index in [2.05, 4.69) is 6.58 Å². The highest BCUT2D eigenvalue weighted by atomic mass is 16.6. The number of carbonyl (C=O) groups excluding carboxylic acids is 2. The average molecular weight is 281 g/mol. The summed E-state index contributed by atoms with van der Waals surface area (Å²) in [6, 6.07) is 0.0569. The molecular formula is C16H27NO3. The van der Waals surface area contributed by atoms with Crippen molar-refractivity contribution in [2.45, 2.75) is 77.5 Å². The molecule has 0 aromatic heterocycles. The fourth-order valence-electron chi connectivity index (χ4n) is 2.73.